The molecule has 104 valence electrons. The lowest BCUT2D eigenvalue weighted by Gasteiger charge is -2.13. The zero-order valence-electron chi connectivity index (χ0n) is 10.7. The summed E-state index contributed by atoms with van der Waals surface area (Å²) in [4.78, 5) is 0. The fourth-order valence-corrected chi connectivity index (χ4v) is 1.69. The Balaban J connectivity index is 3.08. The maximum Gasteiger partial charge on any atom is 0.416 e. The van der Waals surface area contributed by atoms with Gasteiger partial charge in [-0.05, 0) is 12.0 Å². The van der Waals surface area contributed by atoms with Crippen molar-refractivity contribution in [3.8, 4) is 0 Å². The minimum absolute atomic E-state index is 0.0461. The van der Waals surface area contributed by atoms with Crippen LogP contribution in [0.4, 0.5) is 13.2 Å². The molecule has 0 saturated carbocycles. The van der Waals surface area contributed by atoms with E-state index < -0.39 is 12.3 Å². The van der Waals surface area contributed by atoms with Crippen molar-refractivity contribution in [1.29, 1.82) is 0 Å². The average Bonchev–Trinajstić information content (AvgIpc) is 2.36. The van der Waals surface area contributed by atoms with Gasteiger partial charge in [-0.15, -0.1) is 5.73 Å². The van der Waals surface area contributed by atoms with E-state index in [1.807, 2.05) is 6.92 Å². The van der Waals surface area contributed by atoms with Crippen molar-refractivity contribution in [3.05, 3.63) is 47.7 Å². The molecule has 0 bridgehead atoms. The second kappa shape index (κ2) is 7.17. The molecule has 4 heteroatoms. The summed E-state index contributed by atoms with van der Waals surface area (Å²) < 4.78 is 36.7. The molecule has 1 aromatic carbocycles. The van der Waals surface area contributed by atoms with Gasteiger partial charge < -0.3 is 5.11 Å². The fourth-order valence-electron chi connectivity index (χ4n) is 1.69. The van der Waals surface area contributed by atoms with E-state index in [2.05, 4.69) is 5.73 Å². The van der Waals surface area contributed by atoms with E-state index in [9.17, 15) is 18.3 Å². The molecule has 0 aliphatic rings. The van der Waals surface area contributed by atoms with E-state index in [-0.39, 0.29) is 11.6 Å². The van der Waals surface area contributed by atoms with Gasteiger partial charge in [0.05, 0.1) is 12.2 Å². The number of halogens is 3. The zero-order chi connectivity index (χ0) is 14.3. The number of unbranched alkanes of at least 4 members (excludes halogenated alkanes) is 1. The van der Waals surface area contributed by atoms with Crippen molar-refractivity contribution in [2.45, 2.75) is 38.5 Å². The Bertz CT molecular complexity index is 442. The molecule has 1 atom stereocenters. The van der Waals surface area contributed by atoms with Gasteiger partial charge in [-0.3, -0.25) is 0 Å². The summed E-state index contributed by atoms with van der Waals surface area (Å²) in [5.74, 6) is 0. The third-order valence-electron chi connectivity index (χ3n) is 2.64. The topological polar surface area (TPSA) is 20.2 Å². The molecule has 0 radical (unpaired) electrons. The van der Waals surface area contributed by atoms with E-state index in [1.54, 1.807) is 30.3 Å². The lowest BCUT2D eigenvalue weighted by molar-refractivity contribution is -0.0796. The minimum atomic E-state index is -4.43. The summed E-state index contributed by atoms with van der Waals surface area (Å²) in [5.41, 5.74) is 2.95. The molecule has 0 aliphatic carbocycles. The van der Waals surface area contributed by atoms with Crippen molar-refractivity contribution in [2.24, 2.45) is 0 Å². The Morgan fingerprint density at radius 2 is 1.95 bits per heavy atom. The normalized spacial score (nSPS) is 12.7. The predicted molar refractivity (Wildman–Crippen MR) is 69.5 cm³/mol. The Kier molecular flexibility index (Phi) is 5.87. The maximum atomic E-state index is 12.2. The lowest BCUT2D eigenvalue weighted by Crippen LogP contribution is -2.09. The monoisotopic (exact) mass is 270 g/mol. The molecule has 0 saturated heterocycles. The van der Waals surface area contributed by atoms with Crippen LogP contribution in [0.15, 0.2) is 42.1 Å². The van der Waals surface area contributed by atoms with Crippen LogP contribution in [-0.4, -0.2) is 17.4 Å². The smallest absolute Gasteiger partial charge is 0.388 e. The molecule has 1 N–H and O–H groups in total. The maximum absolute atomic E-state index is 12.2. The molecule has 1 unspecified atom stereocenters. The Labute approximate surface area is 111 Å². The fraction of sp³-hybridized carbons (Fsp3) is 0.400. The third-order valence-corrected chi connectivity index (χ3v) is 2.64. The van der Waals surface area contributed by atoms with Crippen molar-refractivity contribution in [1.82, 2.24) is 0 Å². The highest BCUT2D eigenvalue weighted by atomic mass is 19.4. The summed E-state index contributed by atoms with van der Waals surface area (Å²) in [6.45, 7) is 1.96. The van der Waals surface area contributed by atoms with E-state index in [4.69, 9.17) is 0 Å². The number of aliphatic hydroxyl groups is 1. The number of hydrogen-bond acceptors (Lipinski definition) is 1. The summed E-state index contributed by atoms with van der Waals surface area (Å²) in [7, 11) is 0. The molecule has 1 nitrogen and oxygen atoms in total. The number of hydrogen-bond donors (Lipinski definition) is 1. The molecule has 0 spiro atoms. The third kappa shape index (κ3) is 5.77. The molecule has 0 amide bonds. The van der Waals surface area contributed by atoms with E-state index >= 15 is 0 Å². The van der Waals surface area contributed by atoms with Crippen LogP contribution in [0, 0.1) is 0 Å². The SMILES string of the molecule is CCCCC(O)C(=C=CC(F)(F)F)c1ccccc1. The molecule has 1 rings (SSSR count). The van der Waals surface area contributed by atoms with Crippen LogP contribution in [0.5, 0.6) is 0 Å². The Morgan fingerprint density at radius 1 is 1.32 bits per heavy atom. The average molecular weight is 270 g/mol. The van der Waals surface area contributed by atoms with Crippen molar-refractivity contribution in [3.63, 3.8) is 0 Å². The lowest BCUT2D eigenvalue weighted by atomic mass is 9.97. The van der Waals surface area contributed by atoms with Gasteiger partial charge in [0.1, 0.15) is 0 Å². The van der Waals surface area contributed by atoms with Crippen LogP contribution in [0.25, 0.3) is 5.57 Å². The molecule has 19 heavy (non-hydrogen) atoms. The van der Waals surface area contributed by atoms with Crippen molar-refractivity contribution in [2.75, 3.05) is 0 Å². The van der Waals surface area contributed by atoms with Crippen LogP contribution in [0.3, 0.4) is 0 Å². The van der Waals surface area contributed by atoms with Crippen molar-refractivity contribution < 1.29 is 18.3 Å². The van der Waals surface area contributed by atoms with E-state index in [0.717, 1.165) is 12.8 Å². The van der Waals surface area contributed by atoms with Crippen LogP contribution in [-0.2, 0) is 0 Å². The Morgan fingerprint density at radius 3 is 2.47 bits per heavy atom. The van der Waals surface area contributed by atoms with Crippen LogP contribution in [0.1, 0.15) is 31.7 Å². The van der Waals surface area contributed by atoms with E-state index in [1.165, 1.54) is 0 Å². The van der Waals surface area contributed by atoms with Gasteiger partial charge >= 0.3 is 6.18 Å². The zero-order valence-corrected chi connectivity index (χ0v) is 10.7. The Hall–Kier alpha value is -1.51. The first-order valence-electron chi connectivity index (χ1n) is 6.22. The van der Waals surface area contributed by atoms with Gasteiger partial charge in [0.25, 0.3) is 0 Å². The van der Waals surface area contributed by atoms with Gasteiger partial charge in [-0.1, -0.05) is 50.1 Å². The largest absolute Gasteiger partial charge is 0.416 e. The molecule has 1 aromatic rings. The minimum Gasteiger partial charge on any atom is -0.388 e. The summed E-state index contributed by atoms with van der Waals surface area (Å²) in [5, 5.41) is 10.0. The molecule has 0 fully saturated rings. The van der Waals surface area contributed by atoms with Crippen molar-refractivity contribution >= 4 is 5.57 Å². The first-order chi connectivity index (χ1) is 8.94. The second-order valence-electron chi connectivity index (χ2n) is 4.27. The van der Waals surface area contributed by atoms with Gasteiger partial charge in [0.15, 0.2) is 0 Å². The second-order valence-corrected chi connectivity index (χ2v) is 4.27. The highest BCUT2D eigenvalue weighted by Crippen LogP contribution is 2.23. The summed E-state index contributed by atoms with van der Waals surface area (Å²) >= 11 is 0. The number of aliphatic hydroxyl groups excluding tert-OH is 1. The molecule has 0 aliphatic heterocycles. The van der Waals surface area contributed by atoms with Gasteiger partial charge in [-0.2, -0.15) is 13.2 Å². The van der Waals surface area contributed by atoms with Crippen LogP contribution >= 0.6 is 0 Å². The van der Waals surface area contributed by atoms with Gasteiger partial charge in [0.2, 0.25) is 0 Å². The molecule has 0 heterocycles. The molecular formula is C15H17F3O. The number of alkyl halides is 3. The predicted octanol–water partition coefficient (Wildman–Crippen LogP) is 4.34. The highest BCUT2D eigenvalue weighted by Gasteiger charge is 2.22. The quantitative estimate of drug-likeness (QED) is 0.789. The number of rotatable bonds is 5. The van der Waals surface area contributed by atoms with Crippen LogP contribution < -0.4 is 0 Å². The highest BCUT2D eigenvalue weighted by molar-refractivity contribution is 5.68. The molecule has 0 aromatic heterocycles. The first kappa shape index (κ1) is 15.5. The number of benzene rings is 1. The van der Waals surface area contributed by atoms with Gasteiger partial charge in [-0.25, -0.2) is 0 Å². The molecular weight excluding hydrogens is 253 g/mol. The standard InChI is InChI=1S/C15H17F3O/c1-2-3-9-14(19)13(10-11-15(16,17)18)12-7-5-4-6-8-12/h4-8,11,14,19H,2-3,9H2,1H3. The van der Waals surface area contributed by atoms with Gasteiger partial charge in [0, 0.05) is 5.57 Å². The summed E-state index contributed by atoms with van der Waals surface area (Å²) in [6.07, 6.45) is -3.25. The van der Waals surface area contributed by atoms with E-state index in [0.29, 0.717) is 12.0 Å². The van der Waals surface area contributed by atoms with Crippen LogP contribution in [0.2, 0.25) is 0 Å². The first-order valence-corrected chi connectivity index (χ1v) is 6.22. The summed E-state index contributed by atoms with van der Waals surface area (Å²) in [6, 6.07) is 8.55.